The van der Waals surface area contributed by atoms with E-state index >= 15 is 0 Å². The first-order chi connectivity index (χ1) is 13.7. The Morgan fingerprint density at radius 2 is 1.86 bits per heavy atom. The van der Waals surface area contributed by atoms with E-state index in [0.29, 0.717) is 16.5 Å². The molecule has 0 saturated carbocycles. The van der Waals surface area contributed by atoms with E-state index in [0.717, 1.165) is 40.4 Å². The molecule has 4 aromatic rings. The van der Waals surface area contributed by atoms with Gasteiger partial charge in [0.05, 0.1) is 16.1 Å². The maximum Gasteiger partial charge on any atom is 0.143 e. The van der Waals surface area contributed by atoms with Gasteiger partial charge in [-0.3, -0.25) is 0 Å². The van der Waals surface area contributed by atoms with Crippen LogP contribution in [0.15, 0.2) is 48.5 Å². The van der Waals surface area contributed by atoms with Gasteiger partial charge in [-0.25, -0.2) is 9.97 Å². The number of thiophene rings is 1. The standard InChI is InChI=1S/C22H17Cl2N3S/c23-14-9-10-17(16(24)12-14)25-21-20-15-7-4-8-18(15)28-22(20)27-19(26-21)11-13-5-2-1-3-6-13/h1-3,5-6,9-10,12H,4,7-8,11H2,(H,25,26,27). The molecular formula is C22H17Cl2N3S. The van der Waals surface area contributed by atoms with Gasteiger partial charge in [0, 0.05) is 16.3 Å². The summed E-state index contributed by atoms with van der Waals surface area (Å²) in [5.41, 5.74) is 3.38. The first-order valence-electron chi connectivity index (χ1n) is 9.24. The SMILES string of the molecule is Clc1ccc(Nc2nc(Cc3ccccc3)nc3sc4c(c23)CCC4)c(Cl)c1. The van der Waals surface area contributed by atoms with Crippen molar-refractivity contribution >= 4 is 56.3 Å². The maximum atomic E-state index is 6.40. The second-order valence-electron chi connectivity index (χ2n) is 6.94. The Kier molecular flexibility index (Phi) is 4.71. The van der Waals surface area contributed by atoms with Crippen LogP contribution in [0.4, 0.5) is 11.5 Å². The quantitative estimate of drug-likeness (QED) is 0.389. The average Bonchev–Trinajstić information content (AvgIpc) is 3.25. The van der Waals surface area contributed by atoms with Crippen molar-refractivity contribution in [2.75, 3.05) is 5.32 Å². The number of rotatable bonds is 4. The highest BCUT2D eigenvalue weighted by molar-refractivity contribution is 7.19. The second-order valence-corrected chi connectivity index (χ2v) is 8.86. The maximum absolute atomic E-state index is 6.40. The van der Waals surface area contributed by atoms with Gasteiger partial charge in [-0.15, -0.1) is 11.3 Å². The van der Waals surface area contributed by atoms with E-state index in [2.05, 4.69) is 17.4 Å². The van der Waals surface area contributed by atoms with Crippen LogP contribution in [0.2, 0.25) is 10.0 Å². The van der Waals surface area contributed by atoms with Gasteiger partial charge in [0.2, 0.25) is 0 Å². The minimum atomic E-state index is 0.579. The fraction of sp³-hybridized carbons (Fsp3) is 0.182. The van der Waals surface area contributed by atoms with Gasteiger partial charge in [-0.2, -0.15) is 0 Å². The first-order valence-corrected chi connectivity index (χ1v) is 10.8. The van der Waals surface area contributed by atoms with Gasteiger partial charge in [0.1, 0.15) is 16.5 Å². The van der Waals surface area contributed by atoms with E-state index < -0.39 is 0 Å². The van der Waals surface area contributed by atoms with Crippen LogP contribution in [-0.2, 0) is 19.3 Å². The van der Waals surface area contributed by atoms with Crippen molar-refractivity contribution in [2.45, 2.75) is 25.7 Å². The molecule has 140 valence electrons. The Labute approximate surface area is 177 Å². The molecule has 5 rings (SSSR count). The number of fused-ring (bicyclic) bond motifs is 3. The van der Waals surface area contributed by atoms with Crippen LogP contribution in [0.3, 0.4) is 0 Å². The van der Waals surface area contributed by atoms with Crippen molar-refractivity contribution in [3.05, 3.63) is 80.4 Å². The number of nitrogens with one attached hydrogen (secondary N) is 1. The Balaban J connectivity index is 1.62. The zero-order valence-corrected chi connectivity index (χ0v) is 17.3. The van der Waals surface area contributed by atoms with Crippen molar-refractivity contribution < 1.29 is 0 Å². The molecule has 0 fully saturated rings. The Morgan fingerprint density at radius 1 is 1.00 bits per heavy atom. The van der Waals surface area contributed by atoms with Crippen molar-refractivity contribution in [1.82, 2.24) is 9.97 Å². The summed E-state index contributed by atoms with van der Waals surface area (Å²) in [5.74, 6) is 1.64. The number of anilines is 2. The number of aryl methyl sites for hydroxylation is 2. The summed E-state index contributed by atoms with van der Waals surface area (Å²) in [5, 5.41) is 5.78. The van der Waals surface area contributed by atoms with Gasteiger partial charge in [0.25, 0.3) is 0 Å². The molecule has 28 heavy (non-hydrogen) atoms. The van der Waals surface area contributed by atoms with Crippen LogP contribution in [-0.4, -0.2) is 9.97 Å². The molecule has 1 aliphatic carbocycles. The van der Waals surface area contributed by atoms with Crippen LogP contribution < -0.4 is 5.32 Å². The van der Waals surface area contributed by atoms with Gasteiger partial charge in [-0.1, -0.05) is 53.5 Å². The number of aromatic nitrogens is 2. The van der Waals surface area contributed by atoms with Gasteiger partial charge >= 0.3 is 0 Å². The molecule has 0 unspecified atom stereocenters. The minimum Gasteiger partial charge on any atom is -0.338 e. The molecule has 6 heteroatoms. The van der Waals surface area contributed by atoms with E-state index in [4.69, 9.17) is 33.2 Å². The molecule has 0 aliphatic heterocycles. The molecule has 2 aromatic heterocycles. The normalized spacial score (nSPS) is 13.1. The molecule has 2 heterocycles. The van der Waals surface area contributed by atoms with E-state index in [-0.39, 0.29) is 0 Å². The number of halogens is 2. The third-order valence-corrected chi connectivity index (χ3v) is 6.73. The molecule has 1 aliphatic rings. The molecule has 0 saturated heterocycles. The third-order valence-electron chi connectivity index (χ3n) is 5.00. The highest BCUT2D eigenvalue weighted by Crippen LogP contribution is 2.41. The van der Waals surface area contributed by atoms with Crippen LogP contribution >= 0.6 is 34.5 Å². The van der Waals surface area contributed by atoms with Crippen LogP contribution in [0.5, 0.6) is 0 Å². The monoisotopic (exact) mass is 425 g/mol. The van der Waals surface area contributed by atoms with Crippen LogP contribution in [0.25, 0.3) is 10.2 Å². The Bertz CT molecular complexity index is 1170. The molecule has 0 atom stereocenters. The highest BCUT2D eigenvalue weighted by atomic mass is 35.5. The number of nitrogens with zero attached hydrogens (tertiary/aromatic N) is 2. The molecule has 0 bridgehead atoms. The molecule has 0 radical (unpaired) electrons. The second kappa shape index (κ2) is 7.36. The van der Waals surface area contributed by atoms with Crippen molar-refractivity contribution in [2.24, 2.45) is 0 Å². The third kappa shape index (κ3) is 3.37. The molecule has 0 spiro atoms. The Morgan fingerprint density at radius 3 is 2.68 bits per heavy atom. The molecule has 2 aromatic carbocycles. The summed E-state index contributed by atoms with van der Waals surface area (Å²) in [6.07, 6.45) is 4.11. The fourth-order valence-electron chi connectivity index (χ4n) is 3.71. The predicted octanol–water partition coefficient (Wildman–Crippen LogP) is 6.82. The lowest BCUT2D eigenvalue weighted by Crippen LogP contribution is -2.03. The smallest absolute Gasteiger partial charge is 0.143 e. The summed E-state index contributed by atoms with van der Waals surface area (Å²) >= 11 is 14.3. The largest absolute Gasteiger partial charge is 0.338 e. The zero-order valence-electron chi connectivity index (χ0n) is 15.0. The number of hydrogen-bond acceptors (Lipinski definition) is 4. The fourth-order valence-corrected chi connectivity index (χ4v) is 5.44. The van der Waals surface area contributed by atoms with Gasteiger partial charge < -0.3 is 5.32 Å². The molecule has 0 amide bonds. The molecular weight excluding hydrogens is 409 g/mol. The summed E-state index contributed by atoms with van der Waals surface area (Å²) in [4.78, 5) is 12.3. The average molecular weight is 426 g/mol. The lowest BCUT2D eigenvalue weighted by molar-refractivity contribution is 0.916. The van der Waals surface area contributed by atoms with Gasteiger partial charge in [0.15, 0.2) is 0 Å². The topological polar surface area (TPSA) is 37.8 Å². The summed E-state index contributed by atoms with van der Waals surface area (Å²) in [6, 6.07) is 15.8. The highest BCUT2D eigenvalue weighted by Gasteiger charge is 2.23. The predicted molar refractivity (Wildman–Crippen MR) is 118 cm³/mol. The van der Waals surface area contributed by atoms with Crippen LogP contribution in [0.1, 0.15) is 28.2 Å². The van der Waals surface area contributed by atoms with Crippen molar-refractivity contribution in [1.29, 1.82) is 0 Å². The summed E-state index contributed by atoms with van der Waals surface area (Å²) in [6.45, 7) is 0. The lowest BCUT2D eigenvalue weighted by Gasteiger charge is -2.12. The van der Waals surface area contributed by atoms with E-state index in [1.54, 1.807) is 17.4 Å². The first kappa shape index (κ1) is 17.9. The Hall–Kier alpha value is -2.14. The van der Waals surface area contributed by atoms with Gasteiger partial charge in [-0.05, 0) is 48.6 Å². The summed E-state index contributed by atoms with van der Waals surface area (Å²) < 4.78 is 0. The van der Waals surface area contributed by atoms with E-state index in [1.165, 1.54) is 22.4 Å². The summed E-state index contributed by atoms with van der Waals surface area (Å²) in [7, 11) is 0. The van der Waals surface area contributed by atoms with E-state index in [1.807, 2.05) is 30.3 Å². The molecule has 3 nitrogen and oxygen atoms in total. The minimum absolute atomic E-state index is 0.579. The molecule has 1 N–H and O–H groups in total. The van der Waals surface area contributed by atoms with Crippen LogP contribution in [0, 0.1) is 0 Å². The lowest BCUT2D eigenvalue weighted by atomic mass is 10.1. The van der Waals surface area contributed by atoms with Crippen molar-refractivity contribution in [3.8, 4) is 0 Å². The van der Waals surface area contributed by atoms with E-state index in [9.17, 15) is 0 Å². The number of hydrogen-bond donors (Lipinski definition) is 1. The zero-order chi connectivity index (χ0) is 19.1. The number of benzene rings is 2. The van der Waals surface area contributed by atoms with Crippen molar-refractivity contribution in [3.63, 3.8) is 0 Å².